The standard InChI is InChI=1S/C20H23FN2O2/c1-2-3-4-13-23(14-15-5-11-18(21)12-6-15)20(25)17-9-7-16(8-10-17)19(22)24/h5-12H,2-4,13-14H2,1H3,(H2,22,24). The lowest BCUT2D eigenvalue weighted by molar-refractivity contribution is 0.0739. The Kier molecular flexibility index (Phi) is 6.69. The lowest BCUT2D eigenvalue weighted by Gasteiger charge is -2.23. The summed E-state index contributed by atoms with van der Waals surface area (Å²) in [6.45, 7) is 3.15. The predicted molar refractivity (Wildman–Crippen MR) is 95.6 cm³/mol. The number of carbonyl (C=O) groups is 2. The lowest BCUT2D eigenvalue weighted by atomic mass is 10.1. The molecule has 0 fully saturated rings. The molecular weight excluding hydrogens is 319 g/mol. The third-order valence-electron chi connectivity index (χ3n) is 4.02. The molecule has 0 atom stereocenters. The minimum absolute atomic E-state index is 0.114. The van der Waals surface area contributed by atoms with Crippen LogP contribution in [0.4, 0.5) is 4.39 Å². The Bertz CT molecular complexity index is 711. The van der Waals surface area contributed by atoms with Gasteiger partial charge in [0.05, 0.1) is 0 Å². The molecule has 132 valence electrons. The van der Waals surface area contributed by atoms with Crippen LogP contribution in [0.15, 0.2) is 48.5 Å². The van der Waals surface area contributed by atoms with E-state index in [-0.39, 0.29) is 11.7 Å². The molecule has 2 N–H and O–H groups in total. The first-order valence-corrected chi connectivity index (χ1v) is 8.45. The Morgan fingerprint density at radius 3 is 2.12 bits per heavy atom. The van der Waals surface area contributed by atoms with Crippen molar-refractivity contribution in [1.29, 1.82) is 0 Å². The van der Waals surface area contributed by atoms with Crippen molar-refractivity contribution >= 4 is 11.8 Å². The van der Waals surface area contributed by atoms with Crippen LogP contribution >= 0.6 is 0 Å². The fraction of sp³-hybridized carbons (Fsp3) is 0.300. The van der Waals surface area contributed by atoms with E-state index in [4.69, 9.17) is 5.73 Å². The second-order valence-corrected chi connectivity index (χ2v) is 6.00. The molecule has 2 rings (SSSR count). The van der Waals surface area contributed by atoms with Crippen LogP contribution in [-0.4, -0.2) is 23.3 Å². The SMILES string of the molecule is CCCCCN(Cc1ccc(F)cc1)C(=O)c1ccc(C(N)=O)cc1. The fourth-order valence-electron chi connectivity index (χ4n) is 2.57. The summed E-state index contributed by atoms with van der Waals surface area (Å²) in [4.78, 5) is 25.7. The number of primary amides is 1. The second kappa shape index (κ2) is 8.97. The number of nitrogens with two attached hydrogens (primary N) is 1. The maximum atomic E-state index is 13.1. The van der Waals surface area contributed by atoms with Gasteiger partial charge in [-0.1, -0.05) is 31.9 Å². The van der Waals surface area contributed by atoms with Crippen molar-refractivity contribution < 1.29 is 14.0 Å². The van der Waals surface area contributed by atoms with Gasteiger partial charge < -0.3 is 10.6 Å². The highest BCUT2D eigenvalue weighted by molar-refractivity contribution is 5.97. The van der Waals surface area contributed by atoms with Gasteiger partial charge in [0.15, 0.2) is 0 Å². The van der Waals surface area contributed by atoms with E-state index in [1.807, 2.05) is 0 Å². The number of benzene rings is 2. The van der Waals surface area contributed by atoms with Crippen LogP contribution in [0.5, 0.6) is 0 Å². The largest absolute Gasteiger partial charge is 0.366 e. The smallest absolute Gasteiger partial charge is 0.254 e. The van der Waals surface area contributed by atoms with E-state index in [2.05, 4.69) is 6.92 Å². The lowest BCUT2D eigenvalue weighted by Crippen LogP contribution is -2.31. The van der Waals surface area contributed by atoms with Gasteiger partial charge in [-0.25, -0.2) is 4.39 Å². The Morgan fingerprint density at radius 1 is 0.960 bits per heavy atom. The van der Waals surface area contributed by atoms with Crippen LogP contribution in [0.2, 0.25) is 0 Å². The van der Waals surface area contributed by atoms with Crippen molar-refractivity contribution in [3.05, 3.63) is 71.0 Å². The highest BCUT2D eigenvalue weighted by Gasteiger charge is 2.16. The zero-order valence-electron chi connectivity index (χ0n) is 14.4. The van der Waals surface area contributed by atoms with Gasteiger partial charge in [0, 0.05) is 24.2 Å². The molecule has 0 heterocycles. The van der Waals surface area contributed by atoms with Crippen molar-refractivity contribution in [3.63, 3.8) is 0 Å². The summed E-state index contributed by atoms with van der Waals surface area (Å²) in [6, 6.07) is 12.5. The molecule has 5 heteroatoms. The second-order valence-electron chi connectivity index (χ2n) is 6.00. The number of carbonyl (C=O) groups excluding carboxylic acids is 2. The van der Waals surface area contributed by atoms with Crippen LogP contribution in [0.3, 0.4) is 0 Å². The molecule has 0 unspecified atom stereocenters. The Labute approximate surface area is 147 Å². The number of nitrogens with zero attached hydrogens (tertiary/aromatic N) is 1. The van der Waals surface area contributed by atoms with Crippen LogP contribution in [-0.2, 0) is 6.54 Å². The summed E-state index contributed by atoms with van der Waals surface area (Å²) in [6.07, 6.45) is 3.00. The van der Waals surface area contributed by atoms with Crippen LogP contribution in [0, 0.1) is 5.82 Å². The summed E-state index contributed by atoms with van der Waals surface area (Å²) in [5.41, 5.74) is 6.98. The fourth-order valence-corrected chi connectivity index (χ4v) is 2.57. The maximum absolute atomic E-state index is 13.1. The maximum Gasteiger partial charge on any atom is 0.254 e. The van der Waals surface area contributed by atoms with Crippen LogP contribution < -0.4 is 5.73 Å². The summed E-state index contributed by atoms with van der Waals surface area (Å²) in [5, 5.41) is 0. The summed E-state index contributed by atoms with van der Waals surface area (Å²) in [7, 11) is 0. The first kappa shape index (κ1) is 18.6. The van der Waals surface area contributed by atoms with Gasteiger partial charge >= 0.3 is 0 Å². The Balaban J connectivity index is 2.16. The van der Waals surface area contributed by atoms with E-state index in [0.717, 1.165) is 24.8 Å². The van der Waals surface area contributed by atoms with Gasteiger partial charge in [-0.05, 0) is 48.4 Å². The molecule has 0 aliphatic carbocycles. The van der Waals surface area contributed by atoms with Crippen LogP contribution in [0.25, 0.3) is 0 Å². The first-order valence-electron chi connectivity index (χ1n) is 8.45. The zero-order chi connectivity index (χ0) is 18.2. The number of hydrogen-bond donors (Lipinski definition) is 1. The van der Waals surface area contributed by atoms with E-state index in [9.17, 15) is 14.0 Å². The van der Waals surface area contributed by atoms with E-state index in [1.54, 1.807) is 41.3 Å². The molecule has 2 amide bonds. The van der Waals surface area contributed by atoms with Crippen molar-refractivity contribution in [2.75, 3.05) is 6.54 Å². The number of halogens is 1. The predicted octanol–water partition coefficient (Wildman–Crippen LogP) is 3.76. The van der Waals surface area contributed by atoms with Crippen molar-refractivity contribution in [3.8, 4) is 0 Å². The molecule has 0 aliphatic rings. The minimum atomic E-state index is -0.523. The quantitative estimate of drug-likeness (QED) is 0.743. The normalized spacial score (nSPS) is 10.5. The van der Waals surface area contributed by atoms with Crippen molar-refractivity contribution in [2.45, 2.75) is 32.7 Å². The molecule has 0 saturated carbocycles. The summed E-state index contributed by atoms with van der Waals surface area (Å²) >= 11 is 0. The van der Waals surface area contributed by atoms with E-state index < -0.39 is 5.91 Å². The van der Waals surface area contributed by atoms with Gasteiger partial charge in [-0.15, -0.1) is 0 Å². The highest BCUT2D eigenvalue weighted by Crippen LogP contribution is 2.13. The van der Waals surface area contributed by atoms with E-state index in [1.165, 1.54) is 12.1 Å². The van der Waals surface area contributed by atoms with E-state index >= 15 is 0 Å². The number of unbranched alkanes of at least 4 members (excludes halogenated alkanes) is 2. The van der Waals surface area contributed by atoms with Gasteiger partial charge in [0.2, 0.25) is 5.91 Å². The number of amides is 2. The molecule has 0 bridgehead atoms. The average Bonchev–Trinajstić information content (AvgIpc) is 2.62. The highest BCUT2D eigenvalue weighted by atomic mass is 19.1. The van der Waals surface area contributed by atoms with Gasteiger partial charge in [-0.2, -0.15) is 0 Å². The van der Waals surface area contributed by atoms with Gasteiger partial charge in [0.1, 0.15) is 5.82 Å². The molecular formula is C20H23FN2O2. The molecule has 0 aromatic heterocycles. The van der Waals surface area contributed by atoms with Crippen molar-refractivity contribution in [2.24, 2.45) is 5.73 Å². The monoisotopic (exact) mass is 342 g/mol. The molecule has 2 aromatic carbocycles. The van der Waals surface area contributed by atoms with Crippen molar-refractivity contribution in [1.82, 2.24) is 4.90 Å². The molecule has 4 nitrogen and oxygen atoms in total. The number of rotatable bonds is 8. The van der Waals surface area contributed by atoms with Crippen LogP contribution in [0.1, 0.15) is 52.5 Å². The molecule has 25 heavy (non-hydrogen) atoms. The molecule has 0 spiro atoms. The third kappa shape index (κ3) is 5.41. The van der Waals surface area contributed by atoms with Gasteiger partial charge in [0.25, 0.3) is 5.91 Å². The molecule has 0 saturated heterocycles. The Morgan fingerprint density at radius 2 is 1.56 bits per heavy atom. The topological polar surface area (TPSA) is 63.4 Å². The zero-order valence-corrected chi connectivity index (χ0v) is 14.4. The summed E-state index contributed by atoms with van der Waals surface area (Å²) < 4.78 is 13.1. The van der Waals surface area contributed by atoms with E-state index in [0.29, 0.717) is 24.2 Å². The first-order chi connectivity index (χ1) is 12.0. The molecule has 0 radical (unpaired) electrons. The average molecular weight is 342 g/mol. The summed E-state index contributed by atoms with van der Waals surface area (Å²) in [5.74, 6) is -0.934. The van der Waals surface area contributed by atoms with Gasteiger partial charge in [-0.3, -0.25) is 9.59 Å². The third-order valence-corrected chi connectivity index (χ3v) is 4.02. The number of hydrogen-bond acceptors (Lipinski definition) is 2. The molecule has 0 aliphatic heterocycles. The Hall–Kier alpha value is -2.69. The minimum Gasteiger partial charge on any atom is -0.366 e. The molecule has 2 aromatic rings.